The van der Waals surface area contributed by atoms with E-state index in [2.05, 4.69) is 17.3 Å². The number of nitrogens with zero attached hydrogens (tertiary/aromatic N) is 2. The summed E-state index contributed by atoms with van der Waals surface area (Å²) in [5.74, 6) is 0.520. The van der Waals surface area contributed by atoms with Crippen molar-refractivity contribution in [1.82, 2.24) is 15.1 Å². The standard InChI is InChI=1S/C16H25N3O3/c1-18-8-6-13(7-9-18)17-16(21)19(2)11-12-4-5-15(22-3)14(20)10-12/h4-5,10,13,20H,6-9,11H2,1-3H3,(H,17,21). The van der Waals surface area contributed by atoms with Gasteiger partial charge in [-0.3, -0.25) is 0 Å². The number of phenols is 1. The Kier molecular flexibility index (Phi) is 5.49. The third-order valence-corrected chi connectivity index (χ3v) is 4.06. The number of hydrogen-bond acceptors (Lipinski definition) is 4. The van der Waals surface area contributed by atoms with E-state index in [-0.39, 0.29) is 17.8 Å². The van der Waals surface area contributed by atoms with Gasteiger partial charge in [0.2, 0.25) is 0 Å². The molecule has 1 aromatic rings. The average Bonchev–Trinajstić information content (AvgIpc) is 2.49. The monoisotopic (exact) mass is 307 g/mol. The van der Waals surface area contributed by atoms with E-state index in [1.54, 1.807) is 24.1 Å². The summed E-state index contributed by atoms with van der Waals surface area (Å²) < 4.78 is 5.01. The minimum absolute atomic E-state index is 0.0788. The fraction of sp³-hybridized carbons (Fsp3) is 0.562. The number of hydrogen-bond donors (Lipinski definition) is 2. The number of aromatic hydroxyl groups is 1. The van der Waals surface area contributed by atoms with Gasteiger partial charge in [-0.15, -0.1) is 0 Å². The summed E-state index contributed by atoms with van der Waals surface area (Å²) in [5, 5.41) is 12.8. The highest BCUT2D eigenvalue weighted by atomic mass is 16.5. The molecule has 1 saturated heterocycles. The Labute approximate surface area is 131 Å². The Morgan fingerprint density at radius 1 is 1.45 bits per heavy atom. The summed E-state index contributed by atoms with van der Waals surface area (Å²) in [6.45, 7) is 2.47. The summed E-state index contributed by atoms with van der Waals surface area (Å²) in [6.07, 6.45) is 1.97. The van der Waals surface area contributed by atoms with Crippen LogP contribution in [0, 0.1) is 0 Å². The second-order valence-corrected chi connectivity index (χ2v) is 5.89. The average molecular weight is 307 g/mol. The first-order valence-corrected chi connectivity index (χ1v) is 7.55. The van der Waals surface area contributed by atoms with E-state index in [0.717, 1.165) is 31.5 Å². The molecule has 6 nitrogen and oxygen atoms in total. The second-order valence-electron chi connectivity index (χ2n) is 5.89. The molecule has 0 atom stereocenters. The Morgan fingerprint density at radius 3 is 2.73 bits per heavy atom. The van der Waals surface area contributed by atoms with Crippen LogP contribution in [0.1, 0.15) is 18.4 Å². The Bertz CT molecular complexity index is 513. The first kappa shape index (κ1) is 16.4. The minimum Gasteiger partial charge on any atom is -0.504 e. The Hall–Kier alpha value is -1.95. The van der Waals surface area contributed by atoms with E-state index in [1.165, 1.54) is 7.11 Å². The van der Waals surface area contributed by atoms with Crippen molar-refractivity contribution < 1.29 is 14.6 Å². The smallest absolute Gasteiger partial charge is 0.317 e. The molecule has 0 aliphatic carbocycles. The summed E-state index contributed by atoms with van der Waals surface area (Å²) in [4.78, 5) is 16.1. The number of urea groups is 1. The minimum atomic E-state index is -0.0788. The number of nitrogens with one attached hydrogen (secondary N) is 1. The van der Waals surface area contributed by atoms with E-state index in [1.807, 2.05) is 6.07 Å². The molecule has 6 heteroatoms. The largest absolute Gasteiger partial charge is 0.504 e. The molecule has 2 rings (SSSR count). The quantitative estimate of drug-likeness (QED) is 0.887. The van der Waals surface area contributed by atoms with Gasteiger partial charge in [0, 0.05) is 19.6 Å². The maximum atomic E-state index is 12.2. The van der Waals surface area contributed by atoms with Crippen LogP contribution in [0.4, 0.5) is 4.79 Å². The first-order chi connectivity index (χ1) is 10.5. The van der Waals surface area contributed by atoms with Gasteiger partial charge >= 0.3 is 6.03 Å². The lowest BCUT2D eigenvalue weighted by Crippen LogP contribution is -2.47. The van der Waals surface area contributed by atoms with Crippen molar-refractivity contribution in [2.75, 3.05) is 34.3 Å². The number of piperidine rings is 1. The van der Waals surface area contributed by atoms with Gasteiger partial charge in [-0.25, -0.2) is 4.79 Å². The van der Waals surface area contributed by atoms with Gasteiger partial charge in [-0.05, 0) is 50.7 Å². The highest BCUT2D eigenvalue weighted by Gasteiger charge is 2.20. The molecule has 1 aromatic carbocycles. The van der Waals surface area contributed by atoms with Crippen LogP contribution in [-0.2, 0) is 6.54 Å². The molecule has 0 aromatic heterocycles. The molecule has 2 N–H and O–H groups in total. The number of amides is 2. The first-order valence-electron chi connectivity index (χ1n) is 7.55. The Morgan fingerprint density at radius 2 is 2.14 bits per heavy atom. The number of benzene rings is 1. The highest BCUT2D eigenvalue weighted by molar-refractivity contribution is 5.74. The fourth-order valence-corrected chi connectivity index (χ4v) is 2.62. The van der Waals surface area contributed by atoms with E-state index in [0.29, 0.717) is 12.3 Å². The number of carbonyl (C=O) groups is 1. The molecule has 122 valence electrons. The van der Waals surface area contributed by atoms with E-state index in [4.69, 9.17) is 4.74 Å². The number of methoxy groups -OCH3 is 1. The number of ether oxygens (including phenoxy) is 1. The topological polar surface area (TPSA) is 65.0 Å². The van der Waals surface area contributed by atoms with E-state index in [9.17, 15) is 9.90 Å². The molecule has 1 heterocycles. The van der Waals surface area contributed by atoms with Crippen LogP contribution in [0.5, 0.6) is 11.5 Å². The summed E-state index contributed by atoms with van der Waals surface area (Å²) in [6, 6.07) is 5.34. The lowest BCUT2D eigenvalue weighted by atomic mass is 10.1. The van der Waals surface area contributed by atoms with Crippen LogP contribution in [0.2, 0.25) is 0 Å². The second kappa shape index (κ2) is 7.35. The molecule has 22 heavy (non-hydrogen) atoms. The van der Waals surface area contributed by atoms with Crippen LogP contribution < -0.4 is 10.1 Å². The summed E-state index contributed by atoms with van der Waals surface area (Å²) in [5.41, 5.74) is 0.860. The van der Waals surface area contributed by atoms with Crippen LogP contribution in [0.25, 0.3) is 0 Å². The van der Waals surface area contributed by atoms with Gasteiger partial charge in [-0.2, -0.15) is 0 Å². The molecular formula is C16H25N3O3. The normalized spacial score (nSPS) is 16.3. The Balaban J connectivity index is 1.87. The van der Waals surface area contributed by atoms with E-state index < -0.39 is 0 Å². The van der Waals surface area contributed by atoms with Crippen molar-refractivity contribution >= 4 is 6.03 Å². The van der Waals surface area contributed by atoms with Crippen molar-refractivity contribution in [2.24, 2.45) is 0 Å². The van der Waals surface area contributed by atoms with Crippen molar-refractivity contribution in [3.63, 3.8) is 0 Å². The van der Waals surface area contributed by atoms with Gasteiger partial charge < -0.3 is 25.0 Å². The third kappa shape index (κ3) is 4.27. The molecule has 2 amide bonds. The molecule has 0 spiro atoms. The maximum Gasteiger partial charge on any atom is 0.317 e. The van der Waals surface area contributed by atoms with Crippen molar-refractivity contribution in [3.05, 3.63) is 23.8 Å². The third-order valence-electron chi connectivity index (χ3n) is 4.06. The summed E-state index contributed by atoms with van der Waals surface area (Å²) >= 11 is 0. The SMILES string of the molecule is COc1ccc(CN(C)C(=O)NC2CCN(C)CC2)cc1O. The van der Waals surface area contributed by atoms with Gasteiger partial charge in [0.15, 0.2) is 11.5 Å². The predicted molar refractivity (Wildman–Crippen MR) is 85.2 cm³/mol. The molecule has 0 unspecified atom stereocenters. The zero-order chi connectivity index (χ0) is 16.1. The molecule has 0 saturated carbocycles. The number of rotatable bonds is 4. The lowest BCUT2D eigenvalue weighted by molar-refractivity contribution is 0.188. The fourth-order valence-electron chi connectivity index (χ4n) is 2.62. The highest BCUT2D eigenvalue weighted by Crippen LogP contribution is 2.26. The zero-order valence-corrected chi connectivity index (χ0v) is 13.5. The van der Waals surface area contributed by atoms with E-state index >= 15 is 0 Å². The summed E-state index contributed by atoms with van der Waals surface area (Å²) in [7, 11) is 5.36. The predicted octanol–water partition coefficient (Wildman–Crippen LogP) is 1.64. The van der Waals surface area contributed by atoms with Crippen molar-refractivity contribution in [1.29, 1.82) is 0 Å². The molecule has 0 radical (unpaired) electrons. The van der Waals surface area contributed by atoms with Crippen LogP contribution in [0.15, 0.2) is 18.2 Å². The van der Waals surface area contributed by atoms with Gasteiger partial charge in [-0.1, -0.05) is 6.07 Å². The number of carbonyl (C=O) groups excluding carboxylic acids is 1. The molecule has 1 aliphatic heterocycles. The van der Waals surface area contributed by atoms with Gasteiger partial charge in [0.25, 0.3) is 0 Å². The van der Waals surface area contributed by atoms with Crippen LogP contribution >= 0.6 is 0 Å². The van der Waals surface area contributed by atoms with Crippen LogP contribution in [0.3, 0.4) is 0 Å². The molecule has 1 aliphatic rings. The van der Waals surface area contributed by atoms with Crippen LogP contribution in [-0.4, -0.2) is 61.3 Å². The van der Waals surface area contributed by atoms with Crippen molar-refractivity contribution in [3.8, 4) is 11.5 Å². The lowest BCUT2D eigenvalue weighted by Gasteiger charge is -2.31. The van der Waals surface area contributed by atoms with Gasteiger partial charge in [0.05, 0.1) is 7.11 Å². The number of phenolic OH excluding ortho intramolecular Hbond substituents is 1. The van der Waals surface area contributed by atoms with Gasteiger partial charge in [0.1, 0.15) is 0 Å². The van der Waals surface area contributed by atoms with Crippen molar-refractivity contribution in [2.45, 2.75) is 25.4 Å². The maximum absolute atomic E-state index is 12.2. The zero-order valence-electron chi connectivity index (χ0n) is 13.5. The molecule has 1 fully saturated rings. The number of likely N-dealkylation sites (tertiary alicyclic amines) is 1. The molecule has 0 bridgehead atoms. The molecular weight excluding hydrogens is 282 g/mol.